The molecule has 5 heteroatoms. The summed E-state index contributed by atoms with van der Waals surface area (Å²) in [4.78, 5) is 7.98. The van der Waals surface area contributed by atoms with Gasteiger partial charge in [-0.15, -0.1) is 0 Å². The lowest BCUT2D eigenvalue weighted by Gasteiger charge is -2.08. The maximum absolute atomic E-state index is 5.83. The predicted octanol–water partition coefficient (Wildman–Crippen LogP) is 2.60. The second-order valence-corrected chi connectivity index (χ2v) is 4.28. The molecule has 1 heterocycles. The number of hydrogen-bond donors (Lipinski definition) is 1. The van der Waals surface area contributed by atoms with Crippen LogP contribution in [0.15, 0.2) is 12.4 Å². The van der Waals surface area contributed by atoms with E-state index in [-0.39, 0.29) is 0 Å². The lowest BCUT2D eigenvalue weighted by atomic mass is 10.1. The van der Waals surface area contributed by atoms with E-state index in [1.165, 1.54) is 0 Å². The zero-order valence-electron chi connectivity index (χ0n) is 9.74. The molecule has 1 N–H and O–H groups in total. The maximum Gasteiger partial charge on any atom is 0.171 e. The van der Waals surface area contributed by atoms with Crippen LogP contribution in [0.5, 0.6) is 0 Å². The van der Waals surface area contributed by atoms with Crippen molar-refractivity contribution >= 4 is 17.4 Å². The van der Waals surface area contributed by atoms with Crippen molar-refractivity contribution < 1.29 is 4.74 Å². The van der Waals surface area contributed by atoms with Gasteiger partial charge in [0, 0.05) is 25.5 Å². The normalized spacial score (nSPS) is 10.8. The molecule has 4 nitrogen and oxygen atoms in total. The minimum Gasteiger partial charge on any atom is -0.380 e. The van der Waals surface area contributed by atoms with Crippen molar-refractivity contribution in [2.24, 2.45) is 5.92 Å². The lowest BCUT2D eigenvalue weighted by Crippen LogP contribution is -2.12. The Labute approximate surface area is 101 Å². The molecule has 16 heavy (non-hydrogen) atoms. The second kappa shape index (κ2) is 7.41. The van der Waals surface area contributed by atoms with E-state index in [2.05, 4.69) is 29.1 Å². The monoisotopic (exact) mass is 243 g/mol. The first kappa shape index (κ1) is 13.2. The summed E-state index contributed by atoms with van der Waals surface area (Å²) in [5.74, 6) is 1.29. The van der Waals surface area contributed by atoms with Crippen LogP contribution < -0.4 is 5.32 Å². The molecule has 0 bridgehead atoms. The van der Waals surface area contributed by atoms with Crippen molar-refractivity contribution in [2.45, 2.75) is 20.3 Å². The Bertz CT molecular complexity index is 307. The molecule has 0 unspecified atom stereocenters. The number of anilines is 1. The van der Waals surface area contributed by atoms with E-state index in [0.717, 1.165) is 13.0 Å². The zero-order chi connectivity index (χ0) is 11.8. The van der Waals surface area contributed by atoms with Gasteiger partial charge in [0.25, 0.3) is 0 Å². The molecule has 1 aromatic rings. The first-order chi connectivity index (χ1) is 7.70. The molecule has 0 fully saturated rings. The van der Waals surface area contributed by atoms with Crippen molar-refractivity contribution in [2.75, 3.05) is 25.1 Å². The number of nitrogens with one attached hydrogen (secondary N) is 1. The van der Waals surface area contributed by atoms with Crippen molar-refractivity contribution in [3.05, 3.63) is 17.5 Å². The van der Waals surface area contributed by atoms with Crippen molar-refractivity contribution in [1.82, 2.24) is 9.97 Å². The van der Waals surface area contributed by atoms with Crippen LogP contribution >= 0.6 is 11.6 Å². The molecule has 0 amide bonds. The molecule has 0 aliphatic carbocycles. The fourth-order valence-electron chi connectivity index (χ4n) is 1.10. The number of halogens is 1. The van der Waals surface area contributed by atoms with Crippen LogP contribution in [0.25, 0.3) is 0 Å². The van der Waals surface area contributed by atoms with Gasteiger partial charge in [0.1, 0.15) is 0 Å². The summed E-state index contributed by atoms with van der Waals surface area (Å²) in [7, 11) is 0. The molecule has 0 aliphatic rings. The topological polar surface area (TPSA) is 47.0 Å². The van der Waals surface area contributed by atoms with Gasteiger partial charge in [-0.1, -0.05) is 25.4 Å². The highest BCUT2D eigenvalue weighted by atomic mass is 35.5. The Balaban J connectivity index is 2.10. The van der Waals surface area contributed by atoms with Crippen LogP contribution in [0.3, 0.4) is 0 Å². The van der Waals surface area contributed by atoms with E-state index in [1.54, 1.807) is 12.4 Å². The third-order valence-electron chi connectivity index (χ3n) is 2.03. The molecule has 0 aliphatic heterocycles. The third-order valence-corrected chi connectivity index (χ3v) is 2.31. The van der Waals surface area contributed by atoms with Crippen LogP contribution in [0, 0.1) is 5.92 Å². The minimum atomic E-state index is 0.393. The number of ether oxygens (including phenoxy) is 1. The molecular formula is C11H18ClN3O. The van der Waals surface area contributed by atoms with E-state index in [0.29, 0.717) is 30.0 Å². The maximum atomic E-state index is 5.83. The van der Waals surface area contributed by atoms with Crippen LogP contribution in [0.2, 0.25) is 5.15 Å². The van der Waals surface area contributed by atoms with Gasteiger partial charge >= 0.3 is 0 Å². The highest BCUT2D eigenvalue weighted by Gasteiger charge is 2.00. The summed E-state index contributed by atoms with van der Waals surface area (Å²) < 4.78 is 5.45. The molecule has 1 rings (SSSR count). The summed E-state index contributed by atoms with van der Waals surface area (Å²) in [5, 5.41) is 3.46. The van der Waals surface area contributed by atoms with E-state index in [4.69, 9.17) is 16.3 Å². The average Bonchev–Trinajstić information content (AvgIpc) is 2.25. The Hall–Kier alpha value is -0.870. The van der Waals surface area contributed by atoms with E-state index in [9.17, 15) is 0 Å². The van der Waals surface area contributed by atoms with Gasteiger partial charge in [0.2, 0.25) is 0 Å². The number of hydrogen-bond acceptors (Lipinski definition) is 4. The summed E-state index contributed by atoms with van der Waals surface area (Å²) in [6, 6.07) is 0. The minimum absolute atomic E-state index is 0.393. The van der Waals surface area contributed by atoms with Crippen LogP contribution in [0.4, 0.5) is 5.82 Å². The lowest BCUT2D eigenvalue weighted by molar-refractivity contribution is 0.132. The molecule has 0 spiro atoms. The van der Waals surface area contributed by atoms with Crippen molar-refractivity contribution in [3.63, 3.8) is 0 Å². The first-order valence-electron chi connectivity index (χ1n) is 5.48. The fraction of sp³-hybridized carbons (Fsp3) is 0.636. The number of rotatable bonds is 7. The van der Waals surface area contributed by atoms with Gasteiger partial charge in [-0.3, -0.25) is 0 Å². The second-order valence-electron chi connectivity index (χ2n) is 3.92. The van der Waals surface area contributed by atoms with Gasteiger partial charge in [-0.05, 0) is 12.3 Å². The van der Waals surface area contributed by atoms with Gasteiger partial charge in [0.05, 0.1) is 6.61 Å². The molecule has 0 atom stereocenters. The fourth-order valence-corrected chi connectivity index (χ4v) is 1.27. The number of aromatic nitrogens is 2. The summed E-state index contributed by atoms with van der Waals surface area (Å²) in [6.07, 6.45) is 4.26. The molecular weight excluding hydrogens is 226 g/mol. The Morgan fingerprint density at radius 3 is 2.75 bits per heavy atom. The Kier molecular flexibility index (Phi) is 6.11. The quantitative estimate of drug-likeness (QED) is 0.748. The SMILES string of the molecule is CC(C)CCOCCNc1nccnc1Cl. The van der Waals surface area contributed by atoms with Gasteiger partial charge in [-0.2, -0.15) is 0 Å². The van der Waals surface area contributed by atoms with Gasteiger partial charge < -0.3 is 10.1 Å². The van der Waals surface area contributed by atoms with E-state index in [1.807, 2.05) is 0 Å². The highest BCUT2D eigenvalue weighted by molar-refractivity contribution is 6.31. The summed E-state index contributed by atoms with van der Waals surface area (Å²) >= 11 is 5.83. The highest BCUT2D eigenvalue weighted by Crippen LogP contribution is 2.13. The largest absolute Gasteiger partial charge is 0.380 e. The van der Waals surface area contributed by atoms with Gasteiger partial charge in [0.15, 0.2) is 11.0 Å². The summed E-state index contributed by atoms with van der Waals surface area (Å²) in [5.41, 5.74) is 0. The van der Waals surface area contributed by atoms with E-state index < -0.39 is 0 Å². The Morgan fingerprint density at radius 2 is 2.06 bits per heavy atom. The predicted molar refractivity (Wildman–Crippen MR) is 65.8 cm³/mol. The smallest absolute Gasteiger partial charge is 0.171 e. The van der Waals surface area contributed by atoms with Crippen LogP contribution in [-0.4, -0.2) is 29.7 Å². The standard InChI is InChI=1S/C11H18ClN3O/c1-9(2)3-7-16-8-6-15-11-10(12)13-4-5-14-11/h4-5,9H,3,6-8H2,1-2H3,(H,14,15). The molecule has 1 aromatic heterocycles. The van der Waals surface area contributed by atoms with Crippen molar-refractivity contribution in [3.8, 4) is 0 Å². The molecule has 90 valence electrons. The van der Waals surface area contributed by atoms with Gasteiger partial charge in [-0.25, -0.2) is 9.97 Å². The number of nitrogens with zero attached hydrogens (tertiary/aromatic N) is 2. The summed E-state index contributed by atoms with van der Waals surface area (Å²) in [6.45, 7) is 6.51. The molecule has 0 aromatic carbocycles. The van der Waals surface area contributed by atoms with Crippen molar-refractivity contribution in [1.29, 1.82) is 0 Å². The van der Waals surface area contributed by atoms with Crippen LogP contribution in [-0.2, 0) is 4.74 Å². The Morgan fingerprint density at radius 1 is 1.31 bits per heavy atom. The first-order valence-corrected chi connectivity index (χ1v) is 5.86. The average molecular weight is 244 g/mol. The zero-order valence-corrected chi connectivity index (χ0v) is 10.5. The molecule has 0 saturated carbocycles. The molecule has 0 saturated heterocycles. The van der Waals surface area contributed by atoms with Crippen LogP contribution in [0.1, 0.15) is 20.3 Å². The third kappa shape index (κ3) is 5.28. The molecule has 0 radical (unpaired) electrons. The van der Waals surface area contributed by atoms with E-state index >= 15 is 0 Å².